The van der Waals surface area contributed by atoms with Gasteiger partial charge < -0.3 is 5.73 Å². The van der Waals surface area contributed by atoms with Gasteiger partial charge in [0.05, 0.1) is 6.04 Å². The second-order valence-electron chi connectivity index (χ2n) is 6.56. The predicted molar refractivity (Wildman–Crippen MR) is 98.3 cm³/mol. The number of Topliss-reactive ketones (excluding diaryl/α,β-unsaturated/α-hetero) is 1. The smallest absolute Gasteiger partial charge is 0.155 e. The first-order chi connectivity index (χ1) is 10.3. The van der Waals surface area contributed by atoms with Gasteiger partial charge in [-0.25, -0.2) is 0 Å². The fourth-order valence-electron chi connectivity index (χ4n) is 2.52. The second kappa shape index (κ2) is 7.55. The molecular weight excluding hydrogens is 270 g/mol. The van der Waals surface area contributed by atoms with E-state index in [0.29, 0.717) is 6.42 Å². The highest BCUT2D eigenvalue weighted by atomic mass is 16.1. The molecule has 0 aliphatic carbocycles. The number of fused-ring (bicyclic) bond motifs is 1. The SMILES string of the molecule is CC.Cc1cccc2cc(CC(N)C(=O)C(C)(C)C)ccc12.[HH]. The van der Waals surface area contributed by atoms with Crippen molar-refractivity contribution in [2.45, 2.75) is 54.0 Å². The number of ketones is 1. The third-order valence-corrected chi connectivity index (χ3v) is 3.69. The van der Waals surface area contributed by atoms with Gasteiger partial charge in [0.25, 0.3) is 0 Å². The quantitative estimate of drug-likeness (QED) is 0.875. The van der Waals surface area contributed by atoms with Crippen molar-refractivity contribution in [2.24, 2.45) is 11.1 Å². The first-order valence-electron chi connectivity index (χ1n) is 8.07. The fraction of sp³-hybridized carbons (Fsp3) is 0.450. The molecule has 0 saturated carbocycles. The van der Waals surface area contributed by atoms with Gasteiger partial charge in [0, 0.05) is 6.84 Å². The van der Waals surface area contributed by atoms with E-state index in [4.69, 9.17) is 5.73 Å². The molecule has 22 heavy (non-hydrogen) atoms. The maximum Gasteiger partial charge on any atom is 0.155 e. The van der Waals surface area contributed by atoms with E-state index in [-0.39, 0.29) is 12.6 Å². The van der Waals surface area contributed by atoms with Crippen LogP contribution in [-0.4, -0.2) is 11.8 Å². The average Bonchev–Trinajstić information content (AvgIpc) is 2.47. The molecule has 2 rings (SSSR count). The molecule has 2 N–H and O–H groups in total. The van der Waals surface area contributed by atoms with Gasteiger partial charge in [-0.3, -0.25) is 4.79 Å². The van der Waals surface area contributed by atoms with Crippen LogP contribution in [0.2, 0.25) is 0 Å². The molecule has 1 atom stereocenters. The summed E-state index contributed by atoms with van der Waals surface area (Å²) >= 11 is 0. The Morgan fingerprint density at radius 2 is 1.82 bits per heavy atom. The molecule has 0 bridgehead atoms. The van der Waals surface area contributed by atoms with Crippen molar-refractivity contribution < 1.29 is 6.22 Å². The maximum atomic E-state index is 12.2. The van der Waals surface area contributed by atoms with Crippen LogP contribution in [-0.2, 0) is 11.2 Å². The zero-order valence-corrected chi connectivity index (χ0v) is 14.7. The van der Waals surface area contributed by atoms with Gasteiger partial charge in [-0.15, -0.1) is 0 Å². The molecule has 0 fully saturated rings. The zero-order chi connectivity index (χ0) is 16.9. The summed E-state index contributed by atoms with van der Waals surface area (Å²) in [6, 6.07) is 12.2. The number of nitrogens with two attached hydrogens (primary N) is 1. The molecule has 0 spiro atoms. The third kappa shape index (κ3) is 4.41. The van der Waals surface area contributed by atoms with Crippen molar-refractivity contribution in [1.29, 1.82) is 0 Å². The second-order valence-corrected chi connectivity index (χ2v) is 6.56. The van der Waals surface area contributed by atoms with Crippen molar-refractivity contribution in [3.05, 3.63) is 47.5 Å². The number of rotatable bonds is 3. The minimum Gasteiger partial charge on any atom is -0.321 e. The Balaban J connectivity index is 0.00000155. The largest absolute Gasteiger partial charge is 0.321 e. The lowest BCUT2D eigenvalue weighted by Gasteiger charge is -2.21. The Kier molecular flexibility index (Phi) is 6.31. The number of carbonyl (C=O) groups excluding carboxylic acids is 1. The number of carbonyl (C=O) groups is 1. The van der Waals surface area contributed by atoms with Crippen LogP contribution in [0.3, 0.4) is 0 Å². The molecule has 0 aromatic heterocycles. The van der Waals surface area contributed by atoms with E-state index in [2.05, 4.69) is 43.3 Å². The van der Waals surface area contributed by atoms with Crippen molar-refractivity contribution in [2.75, 3.05) is 0 Å². The molecule has 2 aromatic rings. The van der Waals surface area contributed by atoms with E-state index in [0.717, 1.165) is 5.56 Å². The zero-order valence-electron chi connectivity index (χ0n) is 14.7. The maximum absolute atomic E-state index is 12.2. The lowest BCUT2D eigenvalue weighted by molar-refractivity contribution is -0.127. The first-order valence-corrected chi connectivity index (χ1v) is 8.07. The van der Waals surface area contributed by atoms with Crippen LogP contribution in [0, 0.1) is 12.3 Å². The van der Waals surface area contributed by atoms with Gasteiger partial charge >= 0.3 is 0 Å². The third-order valence-electron chi connectivity index (χ3n) is 3.69. The molecule has 0 radical (unpaired) electrons. The van der Waals surface area contributed by atoms with Gasteiger partial charge in [0.15, 0.2) is 5.78 Å². The van der Waals surface area contributed by atoms with Gasteiger partial charge in [-0.1, -0.05) is 71.0 Å². The summed E-state index contributed by atoms with van der Waals surface area (Å²) in [6.45, 7) is 11.9. The fourth-order valence-corrected chi connectivity index (χ4v) is 2.52. The summed E-state index contributed by atoms with van der Waals surface area (Å²) < 4.78 is 0. The molecule has 2 heteroatoms. The topological polar surface area (TPSA) is 43.1 Å². The molecule has 122 valence electrons. The van der Waals surface area contributed by atoms with Crippen LogP contribution < -0.4 is 5.73 Å². The van der Waals surface area contributed by atoms with Crippen LogP contribution >= 0.6 is 0 Å². The molecule has 1 unspecified atom stereocenters. The highest BCUT2D eigenvalue weighted by molar-refractivity contribution is 5.89. The van der Waals surface area contributed by atoms with Crippen LogP contribution in [0.15, 0.2) is 36.4 Å². The molecule has 2 nitrogen and oxygen atoms in total. The molecule has 0 heterocycles. The summed E-state index contributed by atoms with van der Waals surface area (Å²) in [5.41, 5.74) is 8.06. The Morgan fingerprint density at radius 1 is 1.18 bits per heavy atom. The molecule has 0 amide bonds. The van der Waals surface area contributed by atoms with Gasteiger partial charge in [0.1, 0.15) is 0 Å². The Hall–Kier alpha value is -1.67. The van der Waals surface area contributed by atoms with Crippen LogP contribution in [0.4, 0.5) is 0 Å². The number of benzene rings is 2. The summed E-state index contributed by atoms with van der Waals surface area (Å²) in [7, 11) is 0. The monoisotopic (exact) mass is 301 g/mol. The van der Waals surface area contributed by atoms with Crippen molar-refractivity contribution in [3.63, 3.8) is 0 Å². The van der Waals surface area contributed by atoms with E-state index in [1.807, 2.05) is 34.6 Å². The van der Waals surface area contributed by atoms with E-state index in [1.54, 1.807) is 0 Å². The van der Waals surface area contributed by atoms with Crippen molar-refractivity contribution in [1.82, 2.24) is 0 Å². The molecule has 0 aliphatic heterocycles. The summed E-state index contributed by atoms with van der Waals surface area (Å²) in [5, 5.41) is 2.46. The van der Waals surface area contributed by atoms with Crippen LogP contribution in [0.1, 0.15) is 47.2 Å². The van der Waals surface area contributed by atoms with E-state index in [9.17, 15) is 4.79 Å². The Bertz CT molecular complexity index is 644. The Morgan fingerprint density at radius 3 is 2.41 bits per heavy atom. The lowest BCUT2D eigenvalue weighted by Crippen LogP contribution is -2.40. The predicted octanol–water partition coefficient (Wildman–Crippen LogP) is 4.91. The van der Waals surface area contributed by atoms with Crippen LogP contribution in [0.5, 0.6) is 0 Å². The minimum atomic E-state index is -0.433. The number of hydrogen-bond acceptors (Lipinski definition) is 2. The van der Waals surface area contributed by atoms with E-state index in [1.165, 1.54) is 16.3 Å². The van der Waals surface area contributed by atoms with Crippen molar-refractivity contribution >= 4 is 16.6 Å². The van der Waals surface area contributed by atoms with Gasteiger partial charge in [-0.05, 0) is 35.2 Å². The minimum absolute atomic E-state index is 0. The number of hydrogen-bond donors (Lipinski definition) is 1. The summed E-state index contributed by atoms with van der Waals surface area (Å²) in [5.74, 6) is 0.113. The van der Waals surface area contributed by atoms with Crippen molar-refractivity contribution in [3.8, 4) is 0 Å². The molecular formula is C20H31NO. The highest BCUT2D eigenvalue weighted by Gasteiger charge is 2.27. The lowest BCUT2D eigenvalue weighted by atomic mass is 9.84. The number of aryl methyl sites for hydroxylation is 1. The normalized spacial score (nSPS) is 12.5. The summed E-state index contributed by atoms with van der Waals surface area (Å²) in [6.07, 6.45) is 0.597. The van der Waals surface area contributed by atoms with E-state index >= 15 is 0 Å². The van der Waals surface area contributed by atoms with Gasteiger partial charge in [-0.2, -0.15) is 0 Å². The average molecular weight is 301 g/mol. The van der Waals surface area contributed by atoms with Gasteiger partial charge in [0.2, 0.25) is 0 Å². The summed E-state index contributed by atoms with van der Waals surface area (Å²) in [4.78, 5) is 12.2. The molecule has 0 saturated heterocycles. The van der Waals surface area contributed by atoms with E-state index < -0.39 is 6.04 Å². The molecule has 0 aliphatic rings. The Labute approximate surface area is 136 Å². The molecule has 2 aromatic carbocycles. The first kappa shape index (κ1) is 18.4. The standard InChI is InChI=1S/C18H23NO.C2H6.H2/c1-12-6-5-7-14-10-13(8-9-15(12)14)11-16(19)17(20)18(2,3)4;1-2;/h5-10,16H,11,19H2,1-4H3;1-2H3;1H. The van der Waals surface area contributed by atoms with Crippen LogP contribution in [0.25, 0.3) is 10.8 Å². The highest BCUT2D eigenvalue weighted by Crippen LogP contribution is 2.22.